The zero-order chi connectivity index (χ0) is 22.3. The van der Waals surface area contributed by atoms with Crippen LogP contribution in [0.4, 0.5) is 0 Å². The predicted octanol–water partition coefficient (Wildman–Crippen LogP) is 5.45. The summed E-state index contributed by atoms with van der Waals surface area (Å²) in [4.78, 5) is 0. The molecule has 0 aromatic heterocycles. The van der Waals surface area contributed by atoms with E-state index >= 15 is 0 Å². The summed E-state index contributed by atoms with van der Waals surface area (Å²) in [5.74, 6) is 0.0890. The Bertz CT molecular complexity index is 721. The van der Waals surface area contributed by atoms with Gasteiger partial charge in [-0.2, -0.15) is 0 Å². The highest BCUT2D eigenvalue weighted by Crippen LogP contribution is 2.69. The third kappa shape index (κ3) is 3.28. The lowest BCUT2D eigenvalue weighted by Gasteiger charge is -2.67. The van der Waals surface area contributed by atoms with Crippen molar-refractivity contribution in [1.82, 2.24) is 0 Å². The van der Waals surface area contributed by atoms with E-state index in [4.69, 9.17) is 23.7 Å². The molecule has 3 heterocycles. The van der Waals surface area contributed by atoms with Crippen molar-refractivity contribution in [3.63, 3.8) is 0 Å². The molecule has 0 unspecified atom stereocenters. The average Bonchev–Trinajstić information content (AvgIpc) is 3.00. The van der Waals surface area contributed by atoms with Crippen LogP contribution in [0.3, 0.4) is 0 Å². The van der Waals surface area contributed by atoms with Crippen LogP contribution in [0.5, 0.6) is 0 Å². The maximum absolute atomic E-state index is 7.36. The molecule has 2 aliphatic carbocycles. The highest BCUT2D eigenvalue weighted by atomic mass is 16.7. The van der Waals surface area contributed by atoms with Crippen LogP contribution in [0.1, 0.15) is 93.4 Å². The second kappa shape index (κ2) is 6.91. The van der Waals surface area contributed by atoms with Crippen LogP contribution in [0, 0.1) is 22.7 Å². The van der Waals surface area contributed by atoms with E-state index in [1.807, 2.05) is 13.8 Å². The summed E-state index contributed by atoms with van der Waals surface area (Å²) in [5.41, 5.74) is -0.156. The molecule has 178 valence electrons. The first kappa shape index (κ1) is 22.6. The summed E-state index contributed by atoms with van der Waals surface area (Å²) in [6.45, 7) is 17.7. The largest absolute Gasteiger partial charge is 0.365 e. The van der Waals surface area contributed by atoms with Crippen LogP contribution in [-0.2, 0) is 23.7 Å². The van der Waals surface area contributed by atoms with Crippen molar-refractivity contribution >= 4 is 0 Å². The fraction of sp³-hybridized carbons (Fsp3) is 1.00. The molecule has 2 saturated carbocycles. The Morgan fingerprint density at radius 1 is 0.710 bits per heavy atom. The molecule has 0 radical (unpaired) electrons. The molecule has 3 saturated heterocycles. The summed E-state index contributed by atoms with van der Waals surface area (Å²) < 4.78 is 32.3. The van der Waals surface area contributed by atoms with E-state index in [1.54, 1.807) is 0 Å². The molecule has 5 rings (SSSR count). The van der Waals surface area contributed by atoms with E-state index in [2.05, 4.69) is 34.6 Å². The first-order valence-corrected chi connectivity index (χ1v) is 12.7. The lowest BCUT2D eigenvalue weighted by molar-refractivity contribution is -0.359. The molecule has 0 bridgehead atoms. The molecule has 3 aliphatic heterocycles. The zero-order valence-corrected chi connectivity index (χ0v) is 20.8. The maximum atomic E-state index is 7.36. The molecule has 5 heteroatoms. The minimum absolute atomic E-state index is 0.0415. The summed E-state index contributed by atoms with van der Waals surface area (Å²) in [5, 5.41) is 0. The Labute approximate surface area is 188 Å². The van der Waals surface area contributed by atoms with E-state index in [0.717, 1.165) is 38.7 Å². The normalized spacial score (nSPS) is 53.7. The number of hydrogen-bond acceptors (Lipinski definition) is 5. The maximum Gasteiger partial charge on any atom is 0.163 e. The van der Waals surface area contributed by atoms with Gasteiger partial charge in [0, 0.05) is 17.3 Å². The molecule has 5 aliphatic rings. The first-order chi connectivity index (χ1) is 14.4. The fourth-order valence-corrected chi connectivity index (χ4v) is 8.18. The molecule has 0 amide bonds. The van der Waals surface area contributed by atoms with Gasteiger partial charge >= 0.3 is 0 Å². The second-order valence-electron chi connectivity index (χ2n) is 12.7. The number of ether oxygens (including phenoxy) is 5. The molecule has 0 N–H and O–H groups in total. The Balaban J connectivity index is 1.47. The molecule has 0 aromatic carbocycles. The van der Waals surface area contributed by atoms with Crippen LogP contribution >= 0.6 is 0 Å². The SMILES string of the molecule is C[C@@H]1CC[C@H]2[C@]3(C)COC(C)(C)O[C@H]3CC[C@]2(C)[C@@]12CC[C@@]1(CCOC(C)(C)OC1)O2. The van der Waals surface area contributed by atoms with Crippen molar-refractivity contribution in [3.05, 3.63) is 0 Å². The molecule has 5 nitrogen and oxygen atoms in total. The predicted molar refractivity (Wildman–Crippen MR) is 119 cm³/mol. The number of fused-ring (bicyclic) bond motifs is 4. The number of hydrogen-bond donors (Lipinski definition) is 0. The average molecular weight is 437 g/mol. The van der Waals surface area contributed by atoms with Gasteiger partial charge in [-0.25, -0.2) is 0 Å². The Hall–Kier alpha value is -0.200. The van der Waals surface area contributed by atoms with Crippen LogP contribution in [0.2, 0.25) is 0 Å². The minimum atomic E-state index is -0.525. The van der Waals surface area contributed by atoms with Gasteiger partial charge in [-0.15, -0.1) is 0 Å². The topological polar surface area (TPSA) is 46.2 Å². The van der Waals surface area contributed by atoms with Gasteiger partial charge in [-0.3, -0.25) is 0 Å². The first-order valence-electron chi connectivity index (χ1n) is 12.7. The van der Waals surface area contributed by atoms with Gasteiger partial charge < -0.3 is 23.7 Å². The molecular weight excluding hydrogens is 392 g/mol. The van der Waals surface area contributed by atoms with Crippen molar-refractivity contribution in [2.24, 2.45) is 22.7 Å². The van der Waals surface area contributed by atoms with Crippen molar-refractivity contribution in [1.29, 1.82) is 0 Å². The van der Waals surface area contributed by atoms with E-state index in [1.165, 1.54) is 12.8 Å². The van der Waals surface area contributed by atoms with Crippen LogP contribution < -0.4 is 0 Å². The van der Waals surface area contributed by atoms with Gasteiger partial charge in [0.2, 0.25) is 0 Å². The monoisotopic (exact) mass is 436 g/mol. The van der Waals surface area contributed by atoms with Gasteiger partial charge in [0.15, 0.2) is 11.6 Å². The smallest absolute Gasteiger partial charge is 0.163 e. The van der Waals surface area contributed by atoms with Crippen molar-refractivity contribution in [3.8, 4) is 0 Å². The Kier molecular flexibility index (Phi) is 5.04. The summed E-state index contributed by atoms with van der Waals surface area (Å²) in [7, 11) is 0. The lowest BCUT2D eigenvalue weighted by Crippen LogP contribution is -2.69. The Morgan fingerprint density at radius 3 is 2.23 bits per heavy atom. The van der Waals surface area contributed by atoms with Gasteiger partial charge in [0.1, 0.15) is 0 Å². The summed E-state index contributed by atoms with van der Waals surface area (Å²) in [6.07, 6.45) is 8.09. The second-order valence-corrected chi connectivity index (χ2v) is 12.7. The zero-order valence-electron chi connectivity index (χ0n) is 20.8. The van der Waals surface area contributed by atoms with Gasteiger partial charge in [-0.1, -0.05) is 20.8 Å². The van der Waals surface area contributed by atoms with E-state index in [0.29, 0.717) is 25.0 Å². The molecule has 7 atom stereocenters. The highest BCUT2D eigenvalue weighted by Gasteiger charge is 2.70. The van der Waals surface area contributed by atoms with Gasteiger partial charge in [0.25, 0.3) is 0 Å². The van der Waals surface area contributed by atoms with Crippen LogP contribution in [0.25, 0.3) is 0 Å². The fourth-order valence-electron chi connectivity index (χ4n) is 8.18. The molecule has 2 spiro atoms. The lowest BCUT2D eigenvalue weighted by atomic mass is 9.43. The Morgan fingerprint density at radius 2 is 1.45 bits per heavy atom. The highest BCUT2D eigenvalue weighted by molar-refractivity contribution is 5.18. The quantitative estimate of drug-likeness (QED) is 0.505. The van der Waals surface area contributed by atoms with E-state index < -0.39 is 11.6 Å². The molecular formula is C26H44O5. The van der Waals surface area contributed by atoms with Crippen LogP contribution in [0.15, 0.2) is 0 Å². The molecule has 5 fully saturated rings. The number of rotatable bonds is 0. The van der Waals surface area contributed by atoms with Crippen molar-refractivity contribution in [2.45, 2.75) is 122 Å². The standard InChI is InChI=1S/C26H44O5/c1-18-8-9-19-23(6)16-28-22(4,5)30-20(23)10-11-24(19,7)26(18)13-12-25(31-26)14-15-27-21(2,3)29-17-25/h18-20H,8-17H2,1-7H3/t18-,19+,20+,23+,24+,25+,26-/m1/s1. The summed E-state index contributed by atoms with van der Waals surface area (Å²) in [6, 6.07) is 0. The van der Waals surface area contributed by atoms with Gasteiger partial charge in [0.05, 0.1) is 37.1 Å². The van der Waals surface area contributed by atoms with Crippen molar-refractivity contribution in [2.75, 3.05) is 19.8 Å². The molecule has 31 heavy (non-hydrogen) atoms. The van der Waals surface area contributed by atoms with Crippen LogP contribution in [-0.4, -0.2) is 48.7 Å². The third-order valence-electron chi connectivity index (χ3n) is 10.1. The van der Waals surface area contributed by atoms with Crippen molar-refractivity contribution < 1.29 is 23.7 Å². The molecule has 0 aromatic rings. The minimum Gasteiger partial charge on any atom is -0.365 e. The summed E-state index contributed by atoms with van der Waals surface area (Å²) >= 11 is 0. The van der Waals surface area contributed by atoms with E-state index in [-0.39, 0.29) is 28.1 Å². The van der Waals surface area contributed by atoms with E-state index in [9.17, 15) is 0 Å². The van der Waals surface area contributed by atoms with Gasteiger partial charge in [-0.05, 0) is 78.1 Å². The third-order valence-corrected chi connectivity index (χ3v) is 10.1.